The van der Waals surface area contributed by atoms with Crippen molar-refractivity contribution in [3.05, 3.63) is 72.8 Å². The van der Waals surface area contributed by atoms with Crippen LogP contribution in [0.5, 0.6) is 0 Å². The molecule has 0 bridgehead atoms. The SMILES string of the molecule is O=C(Nc1cccc(-n2cccn2)c1)C1CCN(S(=O)(=O)c2ccc(F)cc2)CC1. The lowest BCUT2D eigenvalue weighted by Crippen LogP contribution is -2.41. The predicted molar refractivity (Wildman–Crippen MR) is 110 cm³/mol. The van der Waals surface area contributed by atoms with Gasteiger partial charge in [0.15, 0.2) is 0 Å². The second-order valence-electron chi connectivity index (χ2n) is 7.12. The number of aromatic nitrogens is 2. The highest BCUT2D eigenvalue weighted by molar-refractivity contribution is 7.89. The summed E-state index contributed by atoms with van der Waals surface area (Å²) in [6.45, 7) is 0.482. The number of halogens is 1. The van der Waals surface area contributed by atoms with Gasteiger partial charge in [-0.1, -0.05) is 6.07 Å². The maximum atomic E-state index is 13.1. The zero-order chi connectivity index (χ0) is 21.1. The monoisotopic (exact) mass is 428 g/mol. The third kappa shape index (κ3) is 4.27. The summed E-state index contributed by atoms with van der Waals surface area (Å²) in [7, 11) is -3.69. The Hall–Kier alpha value is -3.04. The normalized spacial score (nSPS) is 15.8. The molecule has 1 aliphatic heterocycles. The molecule has 0 saturated carbocycles. The first-order valence-electron chi connectivity index (χ1n) is 9.60. The first kappa shape index (κ1) is 20.2. The smallest absolute Gasteiger partial charge is 0.243 e. The van der Waals surface area contributed by atoms with E-state index in [9.17, 15) is 17.6 Å². The summed E-state index contributed by atoms with van der Waals surface area (Å²) in [4.78, 5) is 12.7. The molecule has 1 aromatic heterocycles. The molecule has 1 saturated heterocycles. The molecule has 1 aliphatic rings. The predicted octanol–water partition coefficient (Wildman–Crippen LogP) is 3.05. The highest BCUT2D eigenvalue weighted by atomic mass is 32.2. The van der Waals surface area contributed by atoms with Crippen LogP contribution in [0.1, 0.15) is 12.8 Å². The Kier molecular flexibility index (Phi) is 5.65. The Morgan fingerprint density at radius 3 is 2.47 bits per heavy atom. The number of carbonyl (C=O) groups excluding carboxylic acids is 1. The van der Waals surface area contributed by atoms with E-state index in [0.717, 1.165) is 17.8 Å². The van der Waals surface area contributed by atoms with Gasteiger partial charge in [-0.05, 0) is 61.4 Å². The minimum atomic E-state index is -3.69. The highest BCUT2D eigenvalue weighted by Crippen LogP contribution is 2.25. The molecular formula is C21H21FN4O3S. The molecule has 9 heteroatoms. The van der Waals surface area contributed by atoms with Crippen molar-refractivity contribution in [2.24, 2.45) is 5.92 Å². The summed E-state index contributed by atoms with van der Waals surface area (Å²) in [5, 5.41) is 7.09. The second-order valence-corrected chi connectivity index (χ2v) is 9.06. The Bertz CT molecular complexity index is 1120. The van der Waals surface area contributed by atoms with E-state index in [1.54, 1.807) is 16.9 Å². The number of rotatable bonds is 5. The number of hydrogen-bond acceptors (Lipinski definition) is 4. The summed E-state index contributed by atoms with van der Waals surface area (Å²) in [5.74, 6) is -0.898. The number of nitrogens with zero attached hydrogens (tertiary/aromatic N) is 3. The fourth-order valence-electron chi connectivity index (χ4n) is 3.51. The first-order valence-corrected chi connectivity index (χ1v) is 11.0. The molecule has 0 spiro atoms. The van der Waals surface area contributed by atoms with E-state index in [1.165, 1.54) is 16.4 Å². The van der Waals surface area contributed by atoms with Gasteiger partial charge in [-0.2, -0.15) is 9.40 Å². The lowest BCUT2D eigenvalue weighted by Gasteiger charge is -2.30. The van der Waals surface area contributed by atoms with E-state index in [0.29, 0.717) is 18.5 Å². The molecule has 1 N–H and O–H groups in total. The van der Waals surface area contributed by atoms with Gasteiger partial charge in [0, 0.05) is 37.1 Å². The van der Waals surface area contributed by atoms with Crippen molar-refractivity contribution in [1.29, 1.82) is 0 Å². The van der Waals surface area contributed by atoms with Gasteiger partial charge in [-0.15, -0.1) is 0 Å². The first-order chi connectivity index (χ1) is 14.4. The van der Waals surface area contributed by atoms with Crippen molar-refractivity contribution in [3.63, 3.8) is 0 Å². The molecule has 2 aromatic carbocycles. The van der Waals surface area contributed by atoms with Gasteiger partial charge in [0.2, 0.25) is 15.9 Å². The lowest BCUT2D eigenvalue weighted by atomic mass is 9.97. The standard InChI is InChI=1S/C21H21FN4O3S/c22-17-5-7-20(8-6-17)30(28,29)25-13-9-16(10-14-25)21(27)24-18-3-1-4-19(15-18)26-12-2-11-23-26/h1-8,11-12,15-16H,9-10,13-14H2,(H,24,27). The molecule has 30 heavy (non-hydrogen) atoms. The molecule has 0 unspecified atom stereocenters. The van der Waals surface area contributed by atoms with Crippen LogP contribution in [0.3, 0.4) is 0 Å². The Morgan fingerprint density at radius 2 is 1.80 bits per heavy atom. The van der Waals surface area contributed by atoms with Gasteiger partial charge < -0.3 is 5.32 Å². The Balaban J connectivity index is 1.38. The van der Waals surface area contributed by atoms with Gasteiger partial charge in [-0.3, -0.25) is 4.79 Å². The van der Waals surface area contributed by atoms with Crippen LogP contribution >= 0.6 is 0 Å². The third-order valence-electron chi connectivity index (χ3n) is 5.16. The number of sulfonamides is 1. The van der Waals surface area contributed by atoms with Crippen LogP contribution in [0.2, 0.25) is 0 Å². The maximum Gasteiger partial charge on any atom is 0.243 e. The zero-order valence-electron chi connectivity index (χ0n) is 16.1. The van der Waals surface area contributed by atoms with E-state index in [1.807, 2.05) is 30.5 Å². The van der Waals surface area contributed by atoms with Gasteiger partial charge >= 0.3 is 0 Å². The minimum Gasteiger partial charge on any atom is -0.326 e. The average molecular weight is 428 g/mol. The van der Waals surface area contributed by atoms with Gasteiger partial charge in [0.1, 0.15) is 5.82 Å². The summed E-state index contributed by atoms with van der Waals surface area (Å²) < 4.78 is 41.6. The Labute approximate surface area is 174 Å². The summed E-state index contributed by atoms with van der Waals surface area (Å²) in [5.41, 5.74) is 1.49. The number of hydrogen-bond donors (Lipinski definition) is 1. The fourth-order valence-corrected chi connectivity index (χ4v) is 4.98. The molecule has 156 valence electrons. The highest BCUT2D eigenvalue weighted by Gasteiger charge is 2.32. The minimum absolute atomic E-state index is 0.0576. The summed E-state index contributed by atoms with van der Waals surface area (Å²) in [6, 6.07) is 14.0. The topological polar surface area (TPSA) is 84.3 Å². The van der Waals surface area contributed by atoms with E-state index < -0.39 is 15.8 Å². The number of benzene rings is 2. The molecule has 0 atom stereocenters. The average Bonchev–Trinajstić information content (AvgIpc) is 3.29. The number of piperidine rings is 1. The molecule has 0 aliphatic carbocycles. The van der Waals surface area contributed by atoms with Crippen LogP contribution in [0.4, 0.5) is 10.1 Å². The lowest BCUT2D eigenvalue weighted by molar-refractivity contribution is -0.120. The van der Waals surface area contributed by atoms with Crippen molar-refractivity contribution in [1.82, 2.24) is 14.1 Å². The van der Waals surface area contributed by atoms with Gasteiger partial charge in [0.25, 0.3) is 0 Å². The van der Waals surface area contributed by atoms with E-state index >= 15 is 0 Å². The van der Waals surface area contributed by atoms with Gasteiger partial charge in [-0.25, -0.2) is 17.5 Å². The van der Waals surface area contributed by atoms with Crippen LogP contribution in [-0.4, -0.2) is 41.5 Å². The van der Waals surface area contributed by atoms with Crippen molar-refractivity contribution in [2.45, 2.75) is 17.7 Å². The molecule has 7 nitrogen and oxygen atoms in total. The fraction of sp³-hybridized carbons (Fsp3) is 0.238. The number of carbonyl (C=O) groups is 1. The summed E-state index contributed by atoms with van der Waals surface area (Å²) >= 11 is 0. The molecule has 3 aromatic rings. The van der Waals surface area contributed by atoms with Crippen molar-refractivity contribution in [3.8, 4) is 5.69 Å². The number of nitrogens with one attached hydrogen (secondary N) is 1. The van der Waals surface area contributed by atoms with Crippen molar-refractivity contribution in [2.75, 3.05) is 18.4 Å². The van der Waals surface area contributed by atoms with E-state index in [2.05, 4.69) is 10.4 Å². The molecule has 1 fully saturated rings. The van der Waals surface area contributed by atoms with Crippen LogP contribution < -0.4 is 5.32 Å². The van der Waals surface area contributed by atoms with E-state index in [-0.39, 0.29) is 29.8 Å². The van der Waals surface area contributed by atoms with Crippen LogP contribution in [-0.2, 0) is 14.8 Å². The molecule has 4 rings (SSSR count). The largest absolute Gasteiger partial charge is 0.326 e. The van der Waals surface area contributed by atoms with Crippen LogP contribution in [0.25, 0.3) is 5.69 Å². The molecule has 1 amide bonds. The van der Waals surface area contributed by atoms with Gasteiger partial charge in [0.05, 0.1) is 10.6 Å². The zero-order valence-corrected chi connectivity index (χ0v) is 16.9. The quantitative estimate of drug-likeness (QED) is 0.677. The Morgan fingerprint density at radius 1 is 1.07 bits per heavy atom. The number of amides is 1. The van der Waals surface area contributed by atoms with Crippen LogP contribution in [0.15, 0.2) is 71.9 Å². The van der Waals surface area contributed by atoms with Crippen molar-refractivity contribution >= 4 is 21.6 Å². The molecular weight excluding hydrogens is 407 g/mol. The summed E-state index contributed by atoms with van der Waals surface area (Å²) in [6.07, 6.45) is 4.34. The van der Waals surface area contributed by atoms with Crippen molar-refractivity contribution < 1.29 is 17.6 Å². The molecule has 2 heterocycles. The third-order valence-corrected chi connectivity index (χ3v) is 7.07. The maximum absolute atomic E-state index is 13.1. The second kappa shape index (κ2) is 8.37. The molecule has 0 radical (unpaired) electrons. The van der Waals surface area contributed by atoms with Crippen LogP contribution in [0, 0.1) is 11.7 Å². The van der Waals surface area contributed by atoms with E-state index in [4.69, 9.17) is 0 Å². The number of anilines is 1.